The third kappa shape index (κ3) is 7.14. The number of hydrogen-bond acceptors (Lipinski definition) is 6. The van der Waals surface area contributed by atoms with Crippen molar-refractivity contribution in [2.24, 2.45) is 5.92 Å². The van der Waals surface area contributed by atoms with Gasteiger partial charge in [0.2, 0.25) is 17.6 Å². The number of aryl methyl sites for hydroxylation is 1. The molecule has 6 nitrogen and oxygen atoms in total. The molecule has 0 saturated carbocycles. The van der Waals surface area contributed by atoms with Crippen LogP contribution in [-0.4, -0.2) is 46.3 Å². The van der Waals surface area contributed by atoms with E-state index >= 15 is 0 Å². The first-order valence-corrected chi connectivity index (χ1v) is 12.9. The summed E-state index contributed by atoms with van der Waals surface area (Å²) in [6.45, 7) is 5.03. The quantitative estimate of drug-likeness (QED) is 0.417. The molecule has 2 aromatic carbocycles. The normalized spacial score (nSPS) is 14.9. The number of benzene rings is 2. The zero-order chi connectivity index (χ0) is 23.8. The maximum atomic E-state index is 12.9. The zero-order valence-corrected chi connectivity index (χ0v) is 20.3. The molecule has 4 rings (SSSR count). The van der Waals surface area contributed by atoms with Crippen molar-refractivity contribution in [2.75, 3.05) is 25.4 Å². The van der Waals surface area contributed by atoms with Gasteiger partial charge in [-0.25, -0.2) is 4.39 Å². The molecule has 0 bridgehead atoms. The van der Waals surface area contributed by atoms with Crippen LogP contribution in [0.2, 0.25) is 0 Å². The number of carbonyl (C=O) groups is 1. The van der Waals surface area contributed by atoms with E-state index < -0.39 is 0 Å². The Morgan fingerprint density at radius 3 is 2.62 bits per heavy atom. The van der Waals surface area contributed by atoms with Crippen molar-refractivity contribution in [3.05, 3.63) is 71.4 Å². The Balaban J connectivity index is 1.10. The Morgan fingerprint density at radius 2 is 1.88 bits per heavy atom. The third-order valence-corrected chi connectivity index (χ3v) is 7.16. The molecule has 1 aliphatic rings. The van der Waals surface area contributed by atoms with Crippen LogP contribution in [-0.2, 0) is 17.1 Å². The van der Waals surface area contributed by atoms with Crippen LogP contribution in [0, 0.1) is 18.7 Å². The van der Waals surface area contributed by atoms with Gasteiger partial charge >= 0.3 is 0 Å². The summed E-state index contributed by atoms with van der Waals surface area (Å²) in [6, 6.07) is 14.7. The van der Waals surface area contributed by atoms with Gasteiger partial charge in [0.25, 0.3) is 0 Å². The molecule has 0 unspecified atom stereocenters. The molecule has 1 saturated heterocycles. The minimum absolute atomic E-state index is 0.0638. The molecule has 180 valence electrons. The topological polar surface area (TPSA) is 71.3 Å². The van der Waals surface area contributed by atoms with E-state index in [1.165, 1.54) is 17.7 Å². The fraction of sp³-hybridized carbons (Fsp3) is 0.423. The smallest absolute Gasteiger partial charge is 0.241 e. The van der Waals surface area contributed by atoms with Crippen LogP contribution < -0.4 is 5.32 Å². The number of piperidine rings is 1. The lowest BCUT2D eigenvalue weighted by molar-refractivity contribution is -0.126. The third-order valence-electron chi connectivity index (χ3n) is 6.04. The lowest BCUT2D eigenvalue weighted by Gasteiger charge is -2.30. The van der Waals surface area contributed by atoms with Crippen molar-refractivity contribution in [3.8, 4) is 11.4 Å². The second kappa shape index (κ2) is 12.1. The molecule has 0 aliphatic carbocycles. The Bertz CT molecular complexity index is 1050. The summed E-state index contributed by atoms with van der Waals surface area (Å²) in [6.07, 6.45) is 2.60. The van der Waals surface area contributed by atoms with Crippen LogP contribution in [0.15, 0.2) is 53.1 Å². The van der Waals surface area contributed by atoms with E-state index in [-0.39, 0.29) is 17.6 Å². The number of aromatic nitrogens is 2. The summed E-state index contributed by atoms with van der Waals surface area (Å²) < 4.78 is 18.4. The van der Waals surface area contributed by atoms with Crippen molar-refractivity contribution < 1.29 is 13.7 Å². The first-order valence-electron chi connectivity index (χ1n) is 11.8. The van der Waals surface area contributed by atoms with Crippen LogP contribution in [0.5, 0.6) is 0 Å². The Hall–Kier alpha value is -2.71. The molecule has 0 radical (unpaired) electrons. The summed E-state index contributed by atoms with van der Waals surface area (Å²) in [7, 11) is 0. The van der Waals surface area contributed by atoms with E-state index in [1.807, 2.05) is 43.3 Å². The number of likely N-dealkylation sites (tertiary alicyclic amines) is 1. The molecule has 3 aromatic rings. The maximum absolute atomic E-state index is 12.9. The number of rotatable bonds is 10. The summed E-state index contributed by atoms with van der Waals surface area (Å²) in [5.74, 6) is 3.06. The lowest BCUT2D eigenvalue weighted by atomic mass is 9.96. The minimum Gasteiger partial charge on any atom is -0.356 e. The summed E-state index contributed by atoms with van der Waals surface area (Å²) in [5, 5.41) is 7.19. The average molecular weight is 483 g/mol. The van der Waals surface area contributed by atoms with Gasteiger partial charge < -0.3 is 9.84 Å². The second-order valence-electron chi connectivity index (χ2n) is 8.75. The molecule has 0 spiro atoms. The number of nitrogens with zero attached hydrogens (tertiary/aromatic N) is 3. The van der Waals surface area contributed by atoms with Crippen LogP contribution in [0.25, 0.3) is 11.4 Å². The molecule has 0 atom stereocenters. The van der Waals surface area contributed by atoms with Crippen molar-refractivity contribution in [3.63, 3.8) is 0 Å². The van der Waals surface area contributed by atoms with Crippen molar-refractivity contribution in [1.29, 1.82) is 0 Å². The highest BCUT2D eigenvalue weighted by atomic mass is 32.2. The predicted molar refractivity (Wildman–Crippen MR) is 133 cm³/mol. The zero-order valence-electron chi connectivity index (χ0n) is 19.5. The van der Waals surface area contributed by atoms with Gasteiger partial charge in [0.15, 0.2) is 0 Å². The van der Waals surface area contributed by atoms with Gasteiger partial charge in [0, 0.05) is 23.8 Å². The first kappa shape index (κ1) is 24.4. The van der Waals surface area contributed by atoms with Crippen molar-refractivity contribution >= 4 is 17.7 Å². The van der Waals surface area contributed by atoms with Gasteiger partial charge in [0.1, 0.15) is 5.82 Å². The van der Waals surface area contributed by atoms with Gasteiger partial charge in [-0.15, -0.1) is 0 Å². The fourth-order valence-electron chi connectivity index (χ4n) is 3.98. The lowest BCUT2D eigenvalue weighted by Crippen LogP contribution is -2.40. The molecule has 1 fully saturated rings. The number of nitrogens with one attached hydrogen (secondary N) is 1. The van der Waals surface area contributed by atoms with Gasteiger partial charge in [-0.2, -0.15) is 16.7 Å². The molecule has 1 N–H and O–H groups in total. The monoisotopic (exact) mass is 482 g/mol. The Morgan fingerprint density at radius 1 is 1.15 bits per heavy atom. The molecule has 2 heterocycles. The van der Waals surface area contributed by atoms with Crippen LogP contribution in [0.1, 0.15) is 36.3 Å². The van der Waals surface area contributed by atoms with E-state index in [2.05, 4.69) is 20.4 Å². The van der Waals surface area contributed by atoms with E-state index in [9.17, 15) is 9.18 Å². The van der Waals surface area contributed by atoms with Crippen LogP contribution >= 0.6 is 11.8 Å². The van der Waals surface area contributed by atoms with Crippen LogP contribution in [0.3, 0.4) is 0 Å². The Kier molecular flexibility index (Phi) is 8.71. The highest BCUT2D eigenvalue weighted by Gasteiger charge is 2.25. The van der Waals surface area contributed by atoms with E-state index in [1.54, 1.807) is 11.8 Å². The summed E-state index contributed by atoms with van der Waals surface area (Å²) >= 11 is 1.80. The highest BCUT2D eigenvalue weighted by Crippen LogP contribution is 2.21. The van der Waals surface area contributed by atoms with E-state index in [4.69, 9.17) is 4.52 Å². The minimum atomic E-state index is -0.204. The van der Waals surface area contributed by atoms with Gasteiger partial charge in [-0.3, -0.25) is 9.69 Å². The number of halogens is 1. The number of thioether (sulfide) groups is 1. The molecule has 1 aromatic heterocycles. The Labute approximate surface area is 204 Å². The molecular formula is C26H31FN4O2S. The summed E-state index contributed by atoms with van der Waals surface area (Å²) in [4.78, 5) is 19.3. The molecule has 1 amide bonds. The van der Waals surface area contributed by atoms with E-state index in [0.717, 1.165) is 55.0 Å². The predicted octanol–water partition coefficient (Wildman–Crippen LogP) is 4.84. The second-order valence-corrected chi connectivity index (χ2v) is 9.86. The SMILES string of the molecule is Cc1ccc(-c2noc(CN3CCC(C(=O)NCCCSCc4ccc(F)cc4)CC3)n2)cc1. The molecular weight excluding hydrogens is 451 g/mol. The van der Waals surface area contributed by atoms with Crippen LogP contribution in [0.4, 0.5) is 4.39 Å². The molecule has 8 heteroatoms. The summed E-state index contributed by atoms with van der Waals surface area (Å²) in [5.41, 5.74) is 3.26. The highest BCUT2D eigenvalue weighted by molar-refractivity contribution is 7.98. The largest absolute Gasteiger partial charge is 0.356 e. The molecule has 1 aliphatic heterocycles. The van der Waals surface area contributed by atoms with Gasteiger partial charge in [-0.05, 0) is 62.7 Å². The standard InChI is InChI=1S/C26H31FN4O2S/c1-19-3-7-21(8-4-19)25-29-24(33-30-25)17-31-14-11-22(12-15-31)26(32)28-13-2-16-34-18-20-5-9-23(27)10-6-20/h3-10,22H,2,11-18H2,1H3,(H,28,32). The fourth-order valence-corrected chi connectivity index (χ4v) is 4.91. The van der Waals surface area contributed by atoms with Crippen molar-refractivity contribution in [2.45, 2.75) is 38.5 Å². The maximum Gasteiger partial charge on any atom is 0.241 e. The average Bonchev–Trinajstić information content (AvgIpc) is 3.31. The van der Waals surface area contributed by atoms with Gasteiger partial charge in [-0.1, -0.05) is 47.1 Å². The molecule has 34 heavy (non-hydrogen) atoms. The number of amides is 1. The van der Waals surface area contributed by atoms with E-state index in [0.29, 0.717) is 24.8 Å². The number of carbonyl (C=O) groups excluding carboxylic acids is 1. The first-order chi connectivity index (χ1) is 16.6. The number of hydrogen-bond donors (Lipinski definition) is 1. The van der Waals surface area contributed by atoms with Gasteiger partial charge in [0.05, 0.1) is 6.54 Å². The van der Waals surface area contributed by atoms with Crippen molar-refractivity contribution in [1.82, 2.24) is 20.4 Å².